The summed E-state index contributed by atoms with van der Waals surface area (Å²) in [5, 5.41) is -0.114. The second kappa shape index (κ2) is 4.97. The van der Waals surface area contributed by atoms with Crippen LogP contribution in [0.25, 0.3) is 0 Å². The lowest BCUT2D eigenvalue weighted by Crippen LogP contribution is -2.07. The fourth-order valence-corrected chi connectivity index (χ4v) is 1.49. The Balaban J connectivity index is 2.82. The average Bonchev–Trinajstić information content (AvgIpc) is 2.15. The minimum atomic E-state index is -0.158. The van der Waals surface area contributed by atoms with Crippen LogP contribution in [0.3, 0.4) is 0 Å². The van der Waals surface area contributed by atoms with Crippen LogP contribution in [0.15, 0.2) is 18.7 Å². The van der Waals surface area contributed by atoms with Crippen LogP contribution in [-0.2, 0) is 4.79 Å². The van der Waals surface area contributed by atoms with Gasteiger partial charge in [-0.1, -0.05) is 13.3 Å². The van der Waals surface area contributed by atoms with Crippen LogP contribution in [-0.4, -0.2) is 15.1 Å². The van der Waals surface area contributed by atoms with Gasteiger partial charge in [0.15, 0.2) is 5.12 Å². The van der Waals surface area contributed by atoms with E-state index in [0.29, 0.717) is 0 Å². The van der Waals surface area contributed by atoms with Crippen molar-refractivity contribution in [2.45, 2.75) is 25.7 Å². The molecule has 0 aliphatic carbocycles. The summed E-state index contributed by atoms with van der Waals surface area (Å²) in [6, 6.07) is 0. The van der Waals surface area contributed by atoms with Crippen LogP contribution >= 0.6 is 12.6 Å². The molecule has 1 unspecified atom stereocenters. The Morgan fingerprint density at radius 3 is 2.62 bits per heavy atom. The van der Waals surface area contributed by atoms with E-state index >= 15 is 0 Å². The van der Waals surface area contributed by atoms with Crippen molar-refractivity contribution in [2.75, 3.05) is 0 Å². The molecule has 0 spiro atoms. The van der Waals surface area contributed by atoms with Crippen molar-refractivity contribution in [1.29, 1.82) is 0 Å². The standard InChI is InChI=1S/C9H12N2OS/c1-2-3-8(9(12)13)7-4-10-6-11-5-7/h4-6,8H,2-3H2,1H3,(H,12,13). The molecule has 70 valence electrons. The van der Waals surface area contributed by atoms with E-state index in [2.05, 4.69) is 22.6 Å². The molecule has 0 radical (unpaired) electrons. The molecule has 1 aromatic rings. The van der Waals surface area contributed by atoms with Crippen LogP contribution in [0.4, 0.5) is 0 Å². The van der Waals surface area contributed by atoms with Crippen molar-refractivity contribution >= 4 is 17.7 Å². The lowest BCUT2D eigenvalue weighted by molar-refractivity contribution is -0.112. The monoisotopic (exact) mass is 196 g/mol. The van der Waals surface area contributed by atoms with Gasteiger partial charge < -0.3 is 0 Å². The highest BCUT2D eigenvalue weighted by Gasteiger charge is 2.16. The molecule has 3 nitrogen and oxygen atoms in total. The number of hydrogen-bond donors (Lipinski definition) is 1. The molecular formula is C9H12N2OS. The summed E-state index contributed by atoms with van der Waals surface area (Å²) in [7, 11) is 0. The van der Waals surface area contributed by atoms with Crippen LogP contribution < -0.4 is 0 Å². The molecule has 0 aromatic carbocycles. The maximum absolute atomic E-state index is 11.1. The molecule has 0 fully saturated rings. The predicted octanol–water partition coefficient (Wildman–Crippen LogP) is 1.82. The third kappa shape index (κ3) is 2.81. The first kappa shape index (κ1) is 10.2. The number of rotatable bonds is 4. The molecule has 0 N–H and O–H groups in total. The van der Waals surface area contributed by atoms with Gasteiger partial charge in [-0.3, -0.25) is 4.79 Å². The Hall–Kier alpha value is -0.900. The summed E-state index contributed by atoms with van der Waals surface area (Å²) in [5.74, 6) is -0.158. The molecule has 0 aliphatic rings. The van der Waals surface area contributed by atoms with Crippen molar-refractivity contribution in [1.82, 2.24) is 9.97 Å². The average molecular weight is 196 g/mol. The molecule has 0 bridgehead atoms. The summed E-state index contributed by atoms with van der Waals surface area (Å²) in [6.45, 7) is 2.04. The summed E-state index contributed by atoms with van der Waals surface area (Å²) in [4.78, 5) is 18.9. The SMILES string of the molecule is CCCC(C(=O)S)c1cncnc1. The second-order valence-electron chi connectivity index (χ2n) is 2.85. The normalized spacial score (nSPS) is 12.5. The minimum absolute atomic E-state index is 0.114. The molecular weight excluding hydrogens is 184 g/mol. The van der Waals surface area contributed by atoms with E-state index < -0.39 is 0 Å². The lowest BCUT2D eigenvalue weighted by Gasteiger charge is -2.10. The van der Waals surface area contributed by atoms with Gasteiger partial charge in [-0.15, -0.1) is 12.6 Å². The molecule has 0 aliphatic heterocycles. The number of thiol groups is 1. The van der Waals surface area contributed by atoms with E-state index in [-0.39, 0.29) is 11.0 Å². The lowest BCUT2D eigenvalue weighted by atomic mass is 9.99. The molecule has 0 amide bonds. The van der Waals surface area contributed by atoms with Gasteiger partial charge >= 0.3 is 0 Å². The Labute approximate surface area is 83.0 Å². The fourth-order valence-electron chi connectivity index (χ4n) is 1.21. The zero-order valence-corrected chi connectivity index (χ0v) is 8.37. The molecule has 4 heteroatoms. The quantitative estimate of drug-likeness (QED) is 0.747. The number of hydrogen-bond acceptors (Lipinski definition) is 3. The zero-order valence-electron chi connectivity index (χ0n) is 7.47. The summed E-state index contributed by atoms with van der Waals surface area (Å²) in [5.41, 5.74) is 0.851. The van der Waals surface area contributed by atoms with Crippen LogP contribution in [0.5, 0.6) is 0 Å². The van der Waals surface area contributed by atoms with Crippen molar-refractivity contribution in [3.63, 3.8) is 0 Å². The smallest absolute Gasteiger partial charge is 0.193 e. The number of aromatic nitrogens is 2. The third-order valence-electron chi connectivity index (χ3n) is 1.86. The first-order chi connectivity index (χ1) is 6.25. The summed E-state index contributed by atoms with van der Waals surface area (Å²) < 4.78 is 0. The summed E-state index contributed by atoms with van der Waals surface area (Å²) in [6.07, 6.45) is 6.54. The topological polar surface area (TPSA) is 42.9 Å². The van der Waals surface area contributed by atoms with Crippen LogP contribution in [0, 0.1) is 0 Å². The highest BCUT2D eigenvalue weighted by Crippen LogP contribution is 2.21. The van der Waals surface area contributed by atoms with Gasteiger partial charge in [0.05, 0.1) is 5.92 Å². The molecule has 0 saturated heterocycles. The maximum atomic E-state index is 11.1. The molecule has 1 aromatic heterocycles. The van der Waals surface area contributed by atoms with Gasteiger partial charge in [0.25, 0.3) is 0 Å². The van der Waals surface area contributed by atoms with Crippen LogP contribution in [0.2, 0.25) is 0 Å². The van der Waals surface area contributed by atoms with E-state index in [0.717, 1.165) is 18.4 Å². The van der Waals surface area contributed by atoms with E-state index in [1.807, 2.05) is 6.92 Å². The second-order valence-corrected chi connectivity index (χ2v) is 3.29. The molecule has 1 atom stereocenters. The van der Waals surface area contributed by atoms with Gasteiger partial charge in [-0.2, -0.15) is 0 Å². The molecule has 13 heavy (non-hydrogen) atoms. The van der Waals surface area contributed by atoms with Crippen LogP contribution in [0.1, 0.15) is 31.2 Å². The summed E-state index contributed by atoms with van der Waals surface area (Å²) >= 11 is 3.84. The number of carbonyl (C=O) groups excluding carboxylic acids is 1. The Morgan fingerprint density at radius 2 is 2.15 bits per heavy atom. The maximum Gasteiger partial charge on any atom is 0.193 e. The highest BCUT2D eigenvalue weighted by atomic mass is 32.1. The molecule has 1 heterocycles. The minimum Gasteiger partial charge on any atom is -0.287 e. The van der Waals surface area contributed by atoms with E-state index in [9.17, 15) is 4.79 Å². The largest absolute Gasteiger partial charge is 0.287 e. The van der Waals surface area contributed by atoms with Crippen molar-refractivity contribution in [3.05, 3.63) is 24.3 Å². The number of nitrogens with zero attached hydrogens (tertiary/aromatic N) is 2. The zero-order chi connectivity index (χ0) is 9.68. The third-order valence-corrected chi connectivity index (χ3v) is 2.17. The van der Waals surface area contributed by atoms with Gasteiger partial charge in [0.1, 0.15) is 6.33 Å². The number of carbonyl (C=O) groups is 1. The van der Waals surface area contributed by atoms with Gasteiger partial charge in [0.2, 0.25) is 0 Å². The van der Waals surface area contributed by atoms with Crippen molar-refractivity contribution in [3.8, 4) is 0 Å². The van der Waals surface area contributed by atoms with Crippen molar-refractivity contribution in [2.24, 2.45) is 0 Å². The fraction of sp³-hybridized carbons (Fsp3) is 0.444. The molecule has 1 rings (SSSR count). The van der Waals surface area contributed by atoms with Gasteiger partial charge in [-0.25, -0.2) is 9.97 Å². The highest BCUT2D eigenvalue weighted by molar-refractivity contribution is 7.96. The van der Waals surface area contributed by atoms with Gasteiger partial charge in [0, 0.05) is 18.0 Å². The molecule has 0 saturated carbocycles. The Morgan fingerprint density at radius 1 is 1.54 bits per heavy atom. The first-order valence-electron chi connectivity index (χ1n) is 4.23. The first-order valence-corrected chi connectivity index (χ1v) is 4.68. The Kier molecular flexibility index (Phi) is 3.89. The van der Waals surface area contributed by atoms with E-state index in [1.165, 1.54) is 6.33 Å². The van der Waals surface area contributed by atoms with Crippen molar-refractivity contribution < 1.29 is 4.79 Å². The van der Waals surface area contributed by atoms with Gasteiger partial charge in [-0.05, 0) is 6.42 Å². The predicted molar refractivity (Wildman–Crippen MR) is 53.7 cm³/mol. The van der Waals surface area contributed by atoms with E-state index in [1.54, 1.807) is 12.4 Å². The van der Waals surface area contributed by atoms with E-state index in [4.69, 9.17) is 0 Å². The Bertz CT molecular complexity index is 276.